The van der Waals surface area contributed by atoms with Crippen LogP contribution in [0.4, 0.5) is 0 Å². The molecular formula is C24H32N2O7S. The van der Waals surface area contributed by atoms with E-state index in [1.165, 1.54) is 7.11 Å². The Hall–Kier alpha value is -2.82. The number of ether oxygens (including phenoxy) is 3. The average Bonchev–Trinajstić information content (AvgIpc) is 3.19. The number of aryl methyl sites for hydroxylation is 2. The van der Waals surface area contributed by atoms with Crippen LogP contribution in [0.25, 0.3) is 0 Å². The van der Waals surface area contributed by atoms with Crippen LogP contribution in [0, 0.1) is 19.3 Å². The molecule has 9 nitrogen and oxygen atoms in total. The molecule has 3 rings (SSSR count). The van der Waals surface area contributed by atoms with Gasteiger partial charge in [-0.05, 0) is 60.2 Å². The highest BCUT2D eigenvalue weighted by molar-refractivity contribution is 7.89. The van der Waals surface area contributed by atoms with Gasteiger partial charge in [-0.15, -0.1) is 0 Å². The molecule has 3 N–H and O–H groups in total. The first-order valence-corrected chi connectivity index (χ1v) is 12.2. The Morgan fingerprint density at radius 1 is 1.12 bits per heavy atom. The van der Waals surface area contributed by atoms with Gasteiger partial charge in [0.1, 0.15) is 5.75 Å². The minimum atomic E-state index is -4.35. The molecule has 0 bridgehead atoms. The zero-order valence-electron chi connectivity index (χ0n) is 20.3. The Morgan fingerprint density at radius 3 is 2.21 bits per heavy atom. The van der Waals surface area contributed by atoms with Crippen LogP contribution in [-0.2, 0) is 21.4 Å². The third-order valence-electron chi connectivity index (χ3n) is 6.30. The molecule has 0 aromatic heterocycles. The number of benzene rings is 2. The molecule has 0 radical (unpaired) electrons. The van der Waals surface area contributed by atoms with Crippen molar-refractivity contribution >= 4 is 16.0 Å². The summed E-state index contributed by atoms with van der Waals surface area (Å²) in [5.74, 6) is 0.196. The lowest BCUT2D eigenvalue weighted by Crippen LogP contribution is -2.67. The van der Waals surface area contributed by atoms with Gasteiger partial charge < -0.3 is 25.1 Å². The van der Waals surface area contributed by atoms with E-state index in [1.54, 1.807) is 65.0 Å². The molecule has 0 aliphatic carbocycles. The fourth-order valence-corrected chi connectivity index (χ4v) is 6.78. The maximum absolute atomic E-state index is 14.3. The van der Waals surface area contributed by atoms with Crippen LogP contribution in [0.3, 0.4) is 0 Å². The number of carbonyl (C=O) groups is 1. The quantitative estimate of drug-likeness (QED) is 0.575. The molecule has 10 heteroatoms. The third-order valence-corrected chi connectivity index (χ3v) is 8.48. The molecule has 2 aromatic rings. The first-order valence-electron chi connectivity index (χ1n) is 10.8. The molecule has 1 aliphatic heterocycles. The number of carboxylic acid groups (broad SMARTS) is 1. The van der Waals surface area contributed by atoms with Crippen molar-refractivity contribution in [2.45, 2.75) is 51.6 Å². The van der Waals surface area contributed by atoms with E-state index < -0.39 is 33.5 Å². The van der Waals surface area contributed by atoms with Crippen LogP contribution in [-0.4, -0.2) is 49.8 Å². The summed E-state index contributed by atoms with van der Waals surface area (Å²) in [6, 6.07) is 8.25. The van der Waals surface area contributed by atoms with Gasteiger partial charge >= 0.3 is 5.97 Å². The molecule has 1 heterocycles. The number of nitrogens with two attached hydrogens (primary N) is 1. The molecular weight excluding hydrogens is 460 g/mol. The van der Waals surface area contributed by atoms with Gasteiger partial charge in [0.25, 0.3) is 0 Å². The molecule has 1 aliphatic rings. The van der Waals surface area contributed by atoms with E-state index in [-0.39, 0.29) is 18.2 Å². The second-order valence-electron chi connectivity index (χ2n) is 9.41. The van der Waals surface area contributed by atoms with Crippen molar-refractivity contribution in [2.24, 2.45) is 11.1 Å². The summed E-state index contributed by atoms with van der Waals surface area (Å²) in [6.07, 6.45) is 0. The van der Waals surface area contributed by atoms with E-state index in [1.807, 2.05) is 0 Å². The number of rotatable bonds is 8. The van der Waals surface area contributed by atoms with Crippen molar-refractivity contribution < 1.29 is 32.5 Å². The second kappa shape index (κ2) is 9.09. The van der Waals surface area contributed by atoms with Crippen molar-refractivity contribution in [3.05, 3.63) is 47.0 Å². The number of nitrogens with zero attached hydrogens (tertiary/aromatic N) is 1. The van der Waals surface area contributed by atoms with Gasteiger partial charge in [-0.25, -0.2) is 8.42 Å². The third kappa shape index (κ3) is 4.21. The highest BCUT2D eigenvalue weighted by atomic mass is 32.2. The zero-order chi connectivity index (χ0) is 25.5. The van der Waals surface area contributed by atoms with Gasteiger partial charge in [-0.3, -0.25) is 4.79 Å². The summed E-state index contributed by atoms with van der Waals surface area (Å²) in [4.78, 5) is 12.8. The highest BCUT2D eigenvalue weighted by Gasteiger charge is 2.57. The fourth-order valence-electron chi connectivity index (χ4n) is 4.47. The first kappa shape index (κ1) is 25.8. The van der Waals surface area contributed by atoms with Crippen molar-refractivity contribution in [2.75, 3.05) is 20.4 Å². The van der Waals surface area contributed by atoms with Crippen molar-refractivity contribution in [3.8, 4) is 17.2 Å². The summed E-state index contributed by atoms with van der Waals surface area (Å²) in [5, 5.41) is 10.4. The van der Waals surface area contributed by atoms with E-state index in [9.17, 15) is 18.3 Å². The summed E-state index contributed by atoms with van der Waals surface area (Å²) < 4.78 is 45.6. The van der Waals surface area contributed by atoms with Gasteiger partial charge in [0, 0.05) is 13.1 Å². The van der Waals surface area contributed by atoms with Crippen molar-refractivity contribution in [1.82, 2.24) is 4.31 Å². The molecule has 186 valence electrons. The number of methoxy groups -OCH3 is 1. The van der Waals surface area contributed by atoms with E-state index in [0.717, 1.165) is 4.31 Å². The van der Waals surface area contributed by atoms with E-state index in [2.05, 4.69) is 0 Å². The summed E-state index contributed by atoms with van der Waals surface area (Å²) in [6.45, 7) is 7.73. The zero-order valence-corrected chi connectivity index (χ0v) is 21.2. The normalized spacial score (nSPS) is 15.3. The van der Waals surface area contributed by atoms with Crippen LogP contribution in [0.2, 0.25) is 0 Å². The van der Waals surface area contributed by atoms with Crippen LogP contribution in [0.5, 0.6) is 17.2 Å². The molecule has 0 unspecified atom stereocenters. The van der Waals surface area contributed by atoms with Gasteiger partial charge in [-0.2, -0.15) is 4.31 Å². The van der Waals surface area contributed by atoms with Crippen molar-refractivity contribution in [3.63, 3.8) is 0 Å². The standard InChI is InChI=1S/C24H32N2O7S/c1-15-9-18(31-6)10-16(2)21(15)34(29,30)26(24(13-25,22(27)28)23(3,4)5)12-17-7-8-19-20(11-17)33-14-32-19/h7-11H,12-14,25H2,1-6H3,(H,27,28)/t24-/m1/s1. The minimum Gasteiger partial charge on any atom is -0.497 e. The lowest BCUT2D eigenvalue weighted by molar-refractivity contribution is -0.155. The topological polar surface area (TPSA) is 128 Å². The predicted octanol–water partition coefficient (Wildman–Crippen LogP) is 3.06. The summed E-state index contributed by atoms with van der Waals surface area (Å²) in [5.41, 5.74) is 4.52. The van der Waals surface area contributed by atoms with Crippen LogP contribution < -0.4 is 19.9 Å². The van der Waals surface area contributed by atoms with Crippen molar-refractivity contribution in [1.29, 1.82) is 0 Å². The number of hydrogen-bond donors (Lipinski definition) is 2. The monoisotopic (exact) mass is 492 g/mol. The van der Waals surface area contributed by atoms with Gasteiger partial charge in [0.2, 0.25) is 16.8 Å². The molecule has 0 fully saturated rings. The van der Waals surface area contributed by atoms with E-state index in [0.29, 0.717) is 33.9 Å². The number of aliphatic carboxylic acids is 1. The average molecular weight is 493 g/mol. The number of fused-ring (bicyclic) bond motifs is 1. The SMILES string of the molecule is COc1cc(C)c(S(=O)(=O)N(Cc2ccc3c(c2)OCO3)[C@](CN)(C(=O)O)C(C)(C)C)c(C)c1. The molecule has 2 aromatic carbocycles. The lowest BCUT2D eigenvalue weighted by atomic mass is 9.73. The van der Waals surface area contributed by atoms with Crippen LogP contribution in [0.1, 0.15) is 37.5 Å². The highest BCUT2D eigenvalue weighted by Crippen LogP contribution is 2.42. The molecule has 1 atom stereocenters. The van der Waals surface area contributed by atoms with Crippen LogP contribution in [0.15, 0.2) is 35.2 Å². The van der Waals surface area contributed by atoms with E-state index >= 15 is 0 Å². The fraction of sp³-hybridized carbons (Fsp3) is 0.458. The number of sulfonamides is 1. The summed E-state index contributed by atoms with van der Waals surface area (Å²) in [7, 11) is -2.85. The molecule has 0 amide bonds. The Kier molecular flexibility index (Phi) is 6.89. The smallest absolute Gasteiger partial charge is 0.327 e. The van der Waals surface area contributed by atoms with Gasteiger partial charge in [0.15, 0.2) is 17.0 Å². The van der Waals surface area contributed by atoms with Gasteiger partial charge in [0.05, 0.1) is 12.0 Å². The largest absolute Gasteiger partial charge is 0.497 e. The first-order chi connectivity index (χ1) is 15.8. The minimum absolute atomic E-state index is 0.0253. The second-order valence-corrected chi connectivity index (χ2v) is 11.2. The van der Waals surface area contributed by atoms with Gasteiger partial charge in [-0.1, -0.05) is 26.8 Å². The van der Waals surface area contributed by atoms with Crippen LogP contribution >= 0.6 is 0 Å². The molecule has 0 saturated carbocycles. The van der Waals surface area contributed by atoms with E-state index in [4.69, 9.17) is 19.9 Å². The molecule has 34 heavy (non-hydrogen) atoms. The predicted molar refractivity (Wildman–Crippen MR) is 127 cm³/mol. The Morgan fingerprint density at radius 2 is 1.71 bits per heavy atom. The Bertz CT molecular complexity index is 1180. The number of hydrogen-bond acceptors (Lipinski definition) is 7. The molecule has 0 saturated heterocycles. The maximum atomic E-state index is 14.3. The molecule has 0 spiro atoms. The lowest BCUT2D eigenvalue weighted by Gasteiger charge is -2.47. The Labute approximate surface area is 200 Å². The Balaban J connectivity index is 2.28. The maximum Gasteiger partial charge on any atom is 0.327 e. The summed E-state index contributed by atoms with van der Waals surface area (Å²) >= 11 is 0. The number of carboxylic acids is 1.